The fourth-order valence-electron chi connectivity index (χ4n) is 8.04. The molecule has 13 heteroatoms. The number of benzene rings is 4. The third kappa shape index (κ3) is 10.5. The molecular weight excluding hydrogens is 874 g/mol. The summed E-state index contributed by atoms with van der Waals surface area (Å²) in [5.41, 5.74) is 6.46. The number of hydrogen-bond acceptors (Lipinski definition) is 5. The molecule has 4 aromatic carbocycles. The van der Waals surface area contributed by atoms with E-state index in [2.05, 4.69) is 39.8 Å². The first-order valence-electron chi connectivity index (χ1n) is 20.4. The van der Waals surface area contributed by atoms with E-state index in [1.807, 2.05) is 48.5 Å². The molecule has 6 rings (SSSR count). The van der Waals surface area contributed by atoms with Crippen molar-refractivity contribution in [3.63, 3.8) is 0 Å². The summed E-state index contributed by atoms with van der Waals surface area (Å²) in [5, 5.41) is 20.1. The van der Waals surface area contributed by atoms with Crippen LogP contribution in [0.25, 0.3) is 34.4 Å². The molecule has 0 saturated carbocycles. The molecule has 2 heterocycles. The van der Waals surface area contributed by atoms with Crippen molar-refractivity contribution in [3.8, 4) is 22.3 Å². The minimum Gasteiger partial charge on any atom is -0.481 e. The monoisotopic (exact) mass is 920 g/mol. The quantitative estimate of drug-likeness (QED) is 0.136. The van der Waals surface area contributed by atoms with Crippen LogP contribution in [0.15, 0.2) is 82.6 Å². The zero-order chi connectivity index (χ0) is 44.1. The maximum absolute atomic E-state index is 13.5. The standard InChI is InChI=1S/C48H48Cl4N2O6S/c1-27(2)31-13-5-7-15-33(31)37-23-39(45(51)43(49)35(37)17-19-41(55)53-21-9-11-29(25-53)47(57)58)61-40-24-38(34-16-8-6-14-32(34)28(3)4)36(44(50)46(40)52)18-20-42(56)54-22-10-12-30(26-54)48(59)60/h5-8,13-20,23-24,27-30H,9-12,21-22,25-26H2,1-4H3,(H,57,58)(H,59,60). The molecule has 0 radical (unpaired) electrons. The Balaban J connectivity index is 1.46. The van der Waals surface area contributed by atoms with Crippen LogP contribution in [-0.4, -0.2) is 69.9 Å². The van der Waals surface area contributed by atoms with Crippen molar-refractivity contribution in [2.75, 3.05) is 26.2 Å². The normalized spacial score (nSPS) is 17.2. The first-order chi connectivity index (χ1) is 29.1. The van der Waals surface area contributed by atoms with E-state index in [0.29, 0.717) is 59.7 Å². The molecule has 2 amide bonds. The Morgan fingerprint density at radius 3 is 1.34 bits per heavy atom. The smallest absolute Gasteiger partial charge is 0.308 e. The van der Waals surface area contributed by atoms with Crippen molar-refractivity contribution in [3.05, 3.63) is 115 Å². The van der Waals surface area contributed by atoms with Gasteiger partial charge >= 0.3 is 11.9 Å². The molecule has 0 spiro atoms. The van der Waals surface area contributed by atoms with Gasteiger partial charge in [-0.2, -0.15) is 0 Å². The van der Waals surface area contributed by atoms with Gasteiger partial charge in [0.25, 0.3) is 0 Å². The average molecular weight is 923 g/mol. The van der Waals surface area contributed by atoms with Gasteiger partial charge in [-0.1, -0.05) is 134 Å². The third-order valence-electron chi connectivity index (χ3n) is 11.3. The van der Waals surface area contributed by atoms with Gasteiger partial charge in [0, 0.05) is 59.2 Å². The number of likely N-dealkylation sites (tertiary alicyclic amines) is 2. The highest BCUT2D eigenvalue weighted by atomic mass is 35.5. The minimum absolute atomic E-state index is 0.134. The Labute approximate surface area is 381 Å². The first kappa shape index (κ1) is 46.3. The van der Waals surface area contributed by atoms with Crippen LogP contribution in [0.1, 0.15) is 87.5 Å². The van der Waals surface area contributed by atoms with E-state index in [9.17, 15) is 29.4 Å². The van der Waals surface area contributed by atoms with E-state index in [4.69, 9.17) is 46.4 Å². The zero-order valence-corrected chi connectivity index (χ0v) is 38.2. The summed E-state index contributed by atoms with van der Waals surface area (Å²) in [6, 6.07) is 19.8. The van der Waals surface area contributed by atoms with Gasteiger partial charge in [0.2, 0.25) is 11.8 Å². The zero-order valence-electron chi connectivity index (χ0n) is 34.4. The summed E-state index contributed by atoms with van der Waals surface area (Å²) in [6.07, 6.45) is 8.41. The van der Waals surface area contributed by atoms with Gasteiger partial charge in [0.15, 0.2) is 0 Å². The highest BCUT2D eigenvalue weighted by Crippen LogP contribution is 2.50. The van der Waals surface area contributed by atoms with Crippen LogP contribution >= 0.6 is 58.2 Å². The van der Waals surface area contributed by atoms with E-state index in [1.54, 1.807) is 22.0 Å². The Kier molecular flexibility index (Phi) is 15.4. The highest BCUT2D eigenvalue weighted by Gasteiger charge is 2.29. The summed E-state index contributed by atoms with van der Waals surface area (Å²) in [7, 11) is 0. The van der Waals surface area contributed by atoms with Gasteiger partial charge in [0.05, 0.1) is 31.9 Å². The molecule has 2 N–H and O–H groups in total. The number of halogens is 4. The number of piperidine rings is 2. The van der Waals surface area contributed by atoms with Crippen molar-refractivity contribution < 1.29 is 29.4 Å². The Morgan fingerprint density at radius 1 is 0.607 bits per heavy atom. The van der Waals surface area contributed by atoms with Crippen molar-refractivity contribution in [2.24, 2.45) is 11.8 Å². The lowest BCUT2D eigenvalue weighted by atomic mass is 9.90. The summed E-state index contributed by atoms with van der Waals surface area (Å²) >= 11 is 30.0. The van der Waals surface area contributed by atoms with Gasteiger partial charge in [-0.15, -0.1) is 0 Å². The number of carbonyl (C=O) groups is 4. The molecule has 0 aromatic heterocycles. The van der Waals surface area contributed by atoms with Crippen molar-refractivity contribution in [1.82, 2.24) is 9.80 Å². The first-order valence-corrected chi connectivity index (χ1v) is 22.7. The molecule has 2 aliphatic heterocycles. The van der Waals surface area contributed by atoms with Crippen LogP contribution in [0.3, 0.4) is 0 Å². The third-order valence-corrected chi connectivity index (χ3v) is 14.4. The average Bonchev–Trinajstić information content (AvgIpc) is 3.25. The Bertz CT molecular complexity index is 2250. The predicted octanol–water partition coefficient (Wildman–Crippen LogP) is 12.7. The Hall–Kier alpha value is -4.25. The highest BCUT2D eigenvalue weighted by molar-refractivity contribution is 7.99. The molecular formula is C48H48Cl4N2O6S. The second kappa shape index (κ2) is 20.3. The maximum Gasteiger partial charge on any atom is 0.308 e. The second-order valence-corrected chi connectivity index (χ2v) is 18.7. The van der Waals surface area contributed by atoms with Crippen molar-refractivity contribution >= 4 is 94.1 Å². The Morgan fingerprint density at radius 2 is 0.984 bits per heavy atom. The largest absolute Gasteiger partial charge is 0.481 e. The van der Waals surface area contributed by atoms with E-state index >= 15 is 0 Å². The fraction of sp³-hybridized carbons (Fsp3) is 0.333. The molecule has 2 aliphatic rings. The molecule has 0 bridgehead atoms. The maximum atomic E-state index is 13.5. The molecule has 2 atom stereocenters. The second-order valence-electron chi connectivity index (χ2n) is 16.1. The number of rotatable bonds is 12. The molecule has 320 valence electrons. The molecule has 4 aromatic rings. The SMILES string of the molecule is CC(C)c1ccccc1-c1cc(Sc2cc(-c3ccccc3C(C)C)c(C=CC(=O)N3CCCC(C(=O)O)C3)c(Cl)c2Cl)c(Cl)c(Cl)c1C=CC(=O)N1CCCC(C(=O)O)C1. The van der Waals surface area contributed by atoms with Crippen LogP contribution < -0.4 is 0 Å². The van der Waals surface area contributed by atoms with Gasteiger partial charge < -0.3 is 20.0 Å². The van der Waals surface area contributed by atoms with Gasteiger partial charge in [0.1, 0.15) is 0 Å². The van der Waals surface area contributed by atoms with Crippen LogP contribution in [0.2, 0.25) is 20.1 Å². The van der Waals surface area contributed by atoms with Crippen molar-refractivity contribution in [2.45, 2.75) is 75.0 Å². The summed E-state index contributed by atoms with van der Waals surface area (Å²) in [6.45, 7) is 9.59. The molecule has 2 unspecified atom stereocenters. The van der Waals surface area contributed by atoms with E-state index in [-0.39, 0.29) is 56.8 Å². The van der Waals surface area contributed by atoms with Crippen LogP contribution in [0.4, 0.5) is 0 Å². The van der Waals surface area contributed by atoms with Crippen molar-refractivity contribution in [1.29, 1.82) is 0 Å². The van der Waals surface area contributed by atoms with Crippen LogP contribution in [0, 0.1) is 11.8 Å². The molecule has 2 fully saturated rings. The van der Waals surface area contributed by atoms with Crippen LogP contribution in [-0.2, 0) is 19.2 Å². The van der Waals surface area contributed by atoms with Gasteiger partial charge in [-0.3, -0.25) is 19.2 Å². The number of carbonyl (C=O) groups excluding carboxylic acids is 2. The summed E-state index contributed by atoms with van der Waals surface area (Å²) in [4.78, 5) is 54.7. The number of carboxylic acid groups (broad SMARTS) is 2. The van der Waals surface area contributed by atoms with E-state index < -0.39 is 23.8 Å². The fourth-order valence-corrected chi connectivity index (χ4v) is 10.2. The lowest BCUT2D eigenvalue weighted by Crippen LogP contribution is -2.41. The summed E-state index contributed by atoms with van der Waals surface area (Å²) in [5.74, 6) is -3.41. The molecule has 0 aliphatic carbocycles. The number of nitrogens with zero attached hydrogens (tertiary/aromatic N) is 2. The molecule has 61 heavy (non-hydrogen) atoms. The minimum atomic E-state index is -0.916. The molecule has 2 saturated heterocycles. The number of carboxylic acids is 2. The van der Waals surface area contributed by atoms with Gasteiger partial charge in [-0.25, -0.2) is 0 Å². The van der Waals surface area contributed by atoms with E-state index in [1.165, 1.54) is 23.9 Å². The number of aliphatic carboxylic acids is 2. The van der Waals surface area contributed by atoms with Crippen LogP contribution in [0.5, 0.6) is 0 Å². The lowest BCUT2D eigenvalue weighted by molar-refractivity contribution is -0.146. The predicted molar refractivity (Wildman–Crippen MR) is 248 cm³/mol. The van der Waals surface area contributed by atoms with Gasteiger partial charge in [-0.05, 0) is 95.2 Å². The topological polar surface area (TPSA) is 115 Å². The molecule has 8 nitrogen and oxygen atoms in total. The number of amides is 2. The summed E-state index contributed by atoms with van der Waals surface area (Å²) < 4.78 is 0. The lowest BCUT2D eigenvalue weighted by Gasteiger charge is -2.29. The number of hydrogen-bond donors (Lipinski definition) is 2. The van der Waals surface area contributed by atoms with E-state index in [0.717, 1.165) is 33.4 Å².